The number of fused-ring (bicyclic) bond motifs is 1. The van der Waals surface area contributed by atoms with Gasteiger partial charge >= 0.3 is 6.03 Å². The smallest absolute Gasteiger partial charge is 0.322 e. The van der Waals surface area contributed by atoms with Crippen molar-refractivity contribution in [2.24, 2.45) is 0 Å². The average Bonchev–Trinajstić information content (AvgIpc) is 2.75. The molecule has 0 bridgehead atoms. The first kappa shape index (κ1) is 18.1. The van der Waals surface area contributed by atoms with Crippen LogP contribution in [0.2, 0.25) is 0 Å². The van der Waals surface area contributed by atoms with Gasteiger partial charge in [0, 0.05) is 37.8 Å². The maximum absolute atomic E-state index is 12.7. The normalized spacial score (nSPS) is 14.2. The largest absolute Gasteiger partial charge is 0.492 e. The second kappa shape index (κ2) is 8.17. The SMILES string of the molecule is CCOc1ccccc1NC(=O)N1CCN(c2cccc3cccnc23)CC1. The van der Waals surface area contributed by atoms with E-state index >= 15 is 0 Å². The maximum atomic E-state index is 12.7. The van der Waals surface area contributed by atoms with Crippen molar-refractivity contribution in [1.82, 2.24) is 9.88 Å². The molecule has 1 aromatic heterocycles. The lowest BCUT2D eigenvalue weighted by atomic mass is 10.1. The molecule has 144 valence electrons. The Morgan fingerprint density at radius 3 is 2.64 bits per heavy atom. The Kier molecular flexibility index (Phi) is 5.28. The number of carbonyl (C=O) groups excluding carboxylic acids is 1. The lowest BCUT2D eigenvalue weighted by molar-refractivity contribution is 0.208. The monoisotopic (exact) mass is 376 g/mol. The summed E-state index contributed by atoms with van der Waals surface area (Å²) in [4.78, 5) is 21.4. The van der Waals surface area contributed by atoms with Gasteiger partial charge in [0.1, 0.15) is 5.75 Å². The van der Waals surface area contributed by atoms with Crippen LogP contribution in [0.4, 0.5) is 16.2 Å². The molecule has 4 rings (SSSR count). The topological polar surface area (TPSA) is 57.7 Å². The number of piperazine rings is 1. The van der Waals surface area contributed by atoms with Gasteiger partial charge in [0.05, 0.1) is 23.5 Å². The second-order valence-corrected chi connectivity index (χ2v) is 6.69. The molecule has 1 saturated heterocycles. The van der Waals surface area contributed by atoms with Crippen LogP contribution in [-0.4, -0.2) is 48.7 Å². The van der Waals surface area contributed by atoms with E-state index in [4.69, 9.17) is 4.74 Å². The highest BCUT2D eigenvalue weighted by Crippen LogP contribution is 2.27. The van der Waals surface area contributed by atoms with E-state index in [2.05, 4.69) is 39.5 Å². The van der Waals surface area contributed by atoms with Crippen molar-refractivity contribution in [3.8, 4) is 5.75 Å². The van der Waals surface area contributed by atoms with E-state index in [-0.39, 0.29) is 6.03 Å². The summed E-state index contributed by atoms with van der Waals surface area (Å²) in [7, 11) is 0. The molecule has 0 atom stereocenters. The molecule has 0 spiro atoms. The molecule has 28 heavy (non-hydrogen) atoms. The number of ether oxygens (including phenoxy) is 1. The minimum Gasteiger partial charge on any atom is -0.492 e. The highest BCUT2D eigenvalue weighted by atomic mass is 16.5. The number of aromatic nitrogens is 1. The number of para-hydroxylation sites is 3. The molecule has 1 aliphatic heterocycles. The number of nitrogens with zero attached hydrogens (tertiary/aromatic N) is 3. The van der Waals surface area contributed by atoms with Gasteiger partial charge in [-0.1, -0.05) is 30.3 Å². The van der Waals surface area contributed by atoms with Crippen molar-refractivity contribution in [1.29, 1.82) is 0 Å². The van der Waals surface area contributed by atoms with Crippen LogP contribution in [0, 0.1) is 0 Å². The number of amides is 2. The molecule has 1 N–H and O–H groups in total. The molecule has 0 radical (unpaired) electrons. The lowest BCUT2D eigenvalue weighted by Gasteiger charge is -2.36. The van der Waals surface area contributed by atoms with E-state index in [0.717, 1.165) is 29.7 Å². The van der Waals surface area contributed by atoms with Gasteiger partial charge < -0.3 is 19.9 Å². The Hall–Kier alpha value is -3.28. The fourth-order valence-electron chi connectivity index (χ4n) is 3.54. The molecule has 0 aliphatic carbocycles. The van der Waals surface area contributed by atoms with Crippen molar-refractivity contribution < 1.29 is 9.53 Å². The molecule has 1 aliphatic rings. The Bertz CT molecular complexity index is 962. The van der Waals surface area contributed by atoms with E-state index in [9.17, 15) is 4.79 Å². The Balaban J connectivity index is 1.42. The second-order valence-electron chi connectivity index (χ2n) is 6.69. The van der Waals surface area contributed by atoms with Crippen LogP contribution in [0.3, 0.4) is 0 Å². The summed E-state index contributed by atoms with van der Waals surface area (Å²) in [5.41, 5.74) is 2.84. The van der Waals surface area contributed by atoms with Crippen LogP contribution in [-0.2, 0) is 0 Å². The van der Waals surface area contributed by atoms with E-state index in [1.54, 1.807) is 0 Å². The van der Waals surface area contributed by atoms with E-state index in [1.165, 1.54) is 0 Å². The standard InChI is InChI=1S/C22H24N4O2/c1-2-28-20-11-4-3-9-18(20)24-22(27)26-15-13-25(14-16-26)19-10-5-7-17-8-6-12-23-21(17)19/h3-12H,2,13-16H2,1H3,(H,24,27). The first-order chi connectivity index (χ1) is 13.8. The van der Waals surface area contributed by atoms with Crippen molar-refractivity contribution in [2.45, 2.75) is 6.92 Å². The molecule has 3 aromatic rings. The molecule has 0 unspecified atom stereocenters. The number of benzene rings is 2. The molecule has 2 heterocycles. The number of nitrogens with one attached hydrogen (secondary N) is 1. The number of pyridine rings is 1. The minimum absolute atomic E-state index is 0.0946. The summed E-state index contributed by atoms with van der Waals surface area (Å²) in [6.07, 6.45) is 1.82. The quantitative estimate of drug-likeness (QED) is 0.748. The van der Waals surface area contributed by atoms with Crippen LogP contribution >= 0.6 is 0 Å². The zero-order chi connectivity index (χ0) is 19.3. The highest BCUT2D eigenvalue weighted by molar-refractivity contribution is 5.92. The minimum atomic E-state index is -0.0946. The highest BCUT2D eigenvalue weighted by Gasteiger charge is 2.23. The van der Waals surface area contributed by atoms with Gasteiger partial charge in [0.25, 0.3) is 0 Å². The van der Waals surface area contributed by atoms with Gasteiger partial charge in [0.2, 0.25) is 0 Å². The van der Waals surface area contributed by atoms with Gasteiger partial charge in [-0.25, -0.2) is 4.79 Å². The fourth-order valence-corrected chi connectivity index (χ4v) is 3.54. The van der Waals surface area contributed by atoms with Crippen LogP contribution in [0.5, 0.6) is 5.75 Å². The van der Waals surface area contributed by atoms with Crippen LogP contribution in [0.25, 0.3) is 10.9 Å². The fraction of sp³-hybridized carbons (Fsp3) is 0.273. The van der Waals surface area contributed by atoms with Crippen LogP contribution < -0.4 is 15.0 Å². The molecule has 6 heteroatoms. The predicted octanol–water partition coefficient (Wildman–Crippen LogP) is 3.99. The third-order valence-electron chi connectivity index (χ3n) is 4.95. The van der Waals surface area contributed by atoms with E-state index in [0.29, 0.717) is 31.1 Å². The summed E-state index contributed by atoms with van der Waals surface area (Å²) < 4.78 is 5.59. The Labute approximate surface area is 164 Å². The molecule has 1 fully saturated rings. The van der Waals surface area contributed by atoms with Crippen LogP contribution in [0.1, 0.15) is 6.92 Å². The van der Waals surface area contributed by atoms with Crippen molar-refractivity contribution in [3.63, 3.8) is 0 Å². The maximum Gasteiger partial charge on any atom is 0.322 e. The number of anilines is 2. The number of hydrogen-bond donors (Lipinski definition) is 1. The predicted molar refractivity (Wildman–Crippen MR) is 112 cm³/mol. The van der Waals surface area contributed by atoms with E-state index in [1.807, 2.05) is 48.4 Å². The summed E-state index contributed by atoms with van der Waals surface area (Å²) >= 11 is 0. The van der Waals surface area contributed by atoms with Gasteiger partial charge in [0.15, 0.2) is 0 Å². The summed E-state index contributed by atoms with van der Waals surface area (Å²) in [5.74, 6) is 0.693. The Morgan fingerprint density at radius 2 is 1.82 bits per heavy atom. The Morgan fingerprint density at radius 1 is 1.04 bits per heavy atom. The summed E-state index contributed by atoms with van der Waals surface area (Å²) in [5, 5.41) is 4.11. The number of rotatable bonds is 4. The molecular weight excluding hydrogens is 352 g/mol. The van der Waals surface area contributed by atoms with Gasteiger partial charge in [-0.05, 0) is 31.2 Å². The first-order valence-corrected chi connectivity index (χ1v) is 9.62. The average molecular weight is 376 g/mol. The molecule has 0 saturated carbocycles. The van der Waals surface area contributed by atoms with Crippen molar-refractivity contribution in [3.05, 3.63) is 60.8 Å². The van der Waals surface area contributed by atoms with E-state index < -0.39 is 0 Å². The molecule has 2 aromatic carbocycles. The zero-order valence-corrected chi connectivity index (χ0v) is 16.0. The summed E-state index contributed by atoms with van der Waals surface area (Å²) in [6.45, 7) is 5.36. The zero-order valence-electron chi connectivity index (χ0n) is 16.0. The van der Waals surface area contributed by atoms with Gasteiger partial charge in [-0.2, -0.15) is 0 Å². The molecular formula is C22H24N4O2. The molecule has 6 nitrogen and oxygen atoms in total. The van der Waals surface area contributed by atoms with Crippen molar-refractivity contribution in [2.75, 3.05) is 43.0 Å². The van der Waals surface area contributed by atoms with Gasteiger partial charge in [-0.3, -0.25) is 4.98 Å². The van der Waals surface area contributed by atoms with Crippen molar-refractivity contribution >= 4 is 28.3 Å². The number of urea groups is 1. The molecule has 2 amide bonds. The lowest BCUT2D eigenvalue weighted by Crippen LogP contribution is -2.50. The third-order valence-corrected chi connectivity index (χ3v) is 4.95. The summed E-state index contributed by atoms with van der Waals surface area (Å²) in [6, 6.07) is 17.7. The van der Waals surface area contributed by atoms with Gasteiger partial charge in [-0.15, -0.1) is 0 Å². The number of carbonyl (C=O) groups is 1. The number of hydrogen-bond acceptors (Lipinski definition) is 4. The van der Waals surface area contributed by atoms with Crippen LogP contribution in [0.15, 0.2) is 60.8 Å². The first-order valence-electron chi connectivity index (χ1n) is 9.62. The third kappa shape index (κ3) is 3.71.